The molecule has 0 radical (unpaired) electrons. The van der Waals surface area contributed by atoms with Crippen LogP contribution in [-0.2, 0) is 10.0 Å². The Bertz CT molecular complexity index is 933. The van der Waals surface area contributed by atoms with Gasteiger partial charge in [0.05, 0.1) is 28.8 Å². The maximum absolute atomic E-state index is 12.6. The highest BCUT2D eigenvalue weighted by molar-refractivity contribution is 7.89. The lowest BCUT2D eigenvalue weighted by Gasteiger charge is -2.12. The summed E-state index contributed by atoms with van der Waals surface area (Å²) in [5.74, 6) is -0.351. The van der Waals surface area contributed by atoms with E-state index in [-0.39, 0.29) is 22.8 Å². The number of rotatable bonds is 6. The molecule has 0 atom stereocenters. The number of carbonyl (C=O) groups is 1. The Morgan fingerprint density at radius 2 is 1.96 bits per heavy atom. The van der Waals surface area contributed by atoms with Gasteiger partial charge in [-0.25, -0.2) is 13.1 Å². The molecule has 0 spiro atoms. The second-order valence-electron chi connectivity index (χ2n) is 4.97. The number of sulfonamides is 1. The van der Waals surface area contributed by atoms with E-state index in [1.807, 2.05) is 6.07 Å². The fourth-order valence-corrected chi connectivity index (χ4v) is 3.25. The largest absolute Gasteiger partial charge is 0.496 e. The summed E-state index contributed by atoms with van der Waals surface area (Å²) in [6.45, 7) is 1.89. The van der Waals surface area contributed by atoms with E-state index in [0.29, 0.717) is 11.3 Å². The van der Waals surface area contributed by atoms with Crippen LogP contribution in [0.15, 0.2) is 47.4 Å². The minimum absolute atomic E-state index is 0.0473. The Kier molecular flexibility index (Phi) is 5.75. The fourth-order valence-electron chi connectivity index (χ4n) is 2.18. The minimum Gasteiger partial charge on any atom is -0.496 e. The van der Waals surface area contributed by atoms with Crippen molar-refractivity contribution in [3.63, 3.8) is 0 Å². The average Bonchev–Trinajstić information content (AvgIpc) is 2.61. The molecule has 1 amide bonds. The SMILES string of the molecule is CCNS(=O)(=O)c1ccc(OC)c(C(=O)Nc2ccccc2C#N)c1. The van der Waals surface area contributed by atoms with E-state index in [1.54, 1.807) is 31.2 Å². The first-order valence-corrected chi connectivity index (χ1v) is 8.89. The van der Waals surface area contributed by atoms with Crippen molar-refractivity contribution in [3.05, 3.63) is 53.6 Å². The molecular weight excluding hydrogens is 342 g/mol. The summed E-state index contributed by atoms with van der Waals surface area (Å²) >= 11 is 0. The molecule has 2 aromatic rings. The van der Waals surface area contributed by atoms with Gasteiger partial charge in [-0.05, 0) is 30.3 Å². The number of nitriles is 1. The standard InChI is InChI=1S/C17H17N3O4S/c1-3-19-25(22,23)13-8-9-16(24-2)14(10-13)17(21)20-15-7-5-4-6-12(15)11-18/h4-10,19H,3H2,1-2H3,(H,20,21). The van der Waals surface area contributed by atoms with Gasteiger partial charge in [0, 0.05) is 6.54 Å². The van der Waals surface area contributed by atoms with Crippen molar-refractivity contribution in [1.82, 2.24) is 4.72 Å². The predicted molar refractivity (Wildman–Crippen MR) is 93.0 cm³/mol. The summed E-state index contributed by atoms with van der Waals surface area (Å²) in [6.07, 6.45) is 0. The van der Waals surface area contributed by atoms with Crippen LogP contribution in [0.4, 0.5) is 5.69 Å². The van der Waals surface area contributed by atoms with Crippen molar-refractivity contribution in [2.75, 3.05) is 19.0 Å². The van der Waals surface area contributed by atoms with Crippen molar-refractivity contribution in [1.29, 1.82) is 5.26 Å². The molecule has 8 heteroatoms. The minimum atomic E-state index is -3.71. The number of carbonyl (C=O) groups excluding carboxylic acids is 1. The van der Waals surface area contributed by atoms with Gasteiger partial charge in [0.15, 0.2) is 0 Å². The van der Waals surface area contributed by atoms with Crippen molar-refractivity contribution in [2.24, 2.45) is 0 Å². The van der Waals surface area contributed by atoms with Gasteiger partial charge in [-0.15, -0.1) is 0 Å². The molecule has 0 aromatic heterocycles. The van der Waals surface area contributed by atoms with Crippen LogP contribution in [-0.4, -0.2) is 28.0 Å². The molecule has 2 N–H and O–H groups in total. The van der Waals surface area contributed by atoms with E-state index >= 15 is 0 Å². The Labute approximate surface area is 146 Å². The zero-order chi connectivity index (χ0) is 18.4. The maximum atomic E-state index is 12.6. The molecule has 0 aliphatic heterocycles. The molecule has 0 saturated heterocycles. The zero-order valence-electron chi connectivity index (χ0n) is 13.7. The van der Waals surface area contributed by atoms with Gasteiger partial charge in [0.25, 0.3) is 5.91 Å². The molecule has 0 heterocycles. The smallest absolute Gasteiger partial charge is 0.259 e. The summed E-state index contributed by atoms with van der Waals surface area (Å²) in [7, 11) is -2.33. The molecule has 2 rings (SSSR count). The fraction of sp³-hybridized carbons (Fsp3) is 0.176. The molecular formula is C17H17N3O4S. The topological polar surface area (TPSA) is 108 Å². The number of hydrogen-bond donors (Lipinski definition) is 2. The third-order valence-electron chi connectivity index (χ3n) is 3.36. The number of para-hydroxylation sites is 1. The molecule has 25 heavy (non-hydrogen) atoms. The van der Waals surface area contributed by atoms with Crippen molar-refractivity contribution in [2.45, 2.75) is 11.8 Å². The van der Waals surface area contributed by atoms with Crippen LogP contribution in [0.3, 0.4) is 0 Å². The van der Waals surface area contributed by atoms with Crippen LogP contribution in [0.2, 0.25) is 0 Å². The normalized spacial score (nSPS) is 10.8. The van der Waals surface area contributed by atoms with Gasteiger partial charge in [-0.1, -0.05) is 19.1 Å². The van der Waals surface area contributed by atoms with E-state index in [0.717, 1.165) is 0 Å². The molecule has 0 saturated carbocycles. The van der Waals surface area contributed by atoms with Crippen LogP contribution in [0, 0.1) is 11.3 Å². The number of hydrogen-bond acceptors (Lipinski definition) is 5. The maximum Gasteiger partial charge on any atom is 0.259 e. The first-order valence-electron chi connectivity index (χ1n) is 7.41. The van der Waals surface area contributed by atoms with Crippen molar-refractivity contribution < 1.29 is 17.9 Å². The lowest BCUT2D eigenvalue weighted by molar-refractivity contribution is 0.102. The quantitative estimate of drug-likeness (QED) is 0.821. The van der Waals surface area contributed by atoms with Gasteiger partial charge in [-0.2, -0.15) is 5.26 Å². The Morgan fingerprint density at radius 1 is 1.24 bits per heavy atom. The Morgan fingerprint density at radius 3 is 2.60 bits per heavy atom. The summed E-state index contributed by atoms with van der Waals surface area (Å²) in [5, 5.41) is 11.7. The lowest BCUT2D eigenvalue weighted by atomic mass is 10.1. The number of methoxy groups -OCH3 is 1. The van der Waals surface area contributed by atoms with Crippen molar-refractivity contribution in [3.8, 4) is 11.8 Å². The number of anilines is 1. The van der Waals surface area contributed by atoms with Gasteiger partial charge < -0.3 is 10.1 Å². The van der Waals surface area contributed by atoms with Gasteiger partial charge >= 0.3 is 0 Å². The van der Waals surface area contributed by atoms with Crippen LogP contribution in [0.1, 0.15) is 22.8 Å². The number of nitrogens with one attached hydrogen (secondary N) is 2. The highest BCUT2D eigenvalue weighted by atomic mass is 32.2. The highest BCUT2D eigenvalue weighted by Crippen LogP contribution is 2.24. The highest BCUT2D eigenvalue weighted by Gasteiger charge is 2.20. The number of nitrogens with zero attached hydrogens (tertiary/aromatic N) is 1. The van der Waals surface area contributed by atoms with E-state index in [1.165, 1.54) is 25.3 Å². The zero-order valence-corrected chi connectivity index (χ0v) is 14.6. The van der Waals surface area contributed by atoms with Gasteiger partial charge in [0.1, 0.15) is 11.8 Å². The van der Waals surface area contributed by atoms with Crippen LogP contribution in [0.5, 0.6) is 5.75 Å². The van der Waals surface area contributed by atoms with E-state index in [2.05, 4.69) is 10.0 Å². The van der Waals surface area contributed by atoms with E-state index < -0.39 is 15.9 Å². The Balaban J connectivity index is 2.43. The van der Waals surface area contributed by atoms with Crippen molar-refractivity contribution >= 4 is 21.6 Å². The van der Waals surface area contributed by atoms with Crippen LogP contribution < -0.4 is 14.8 Å². The molecule has 0 unspecified atom stereocenters. The Hall–Kier alpha value is -2.89. The third kappa shape index (κ3) is 4.15. The summed E-state index contributed by atoms with van der Waals surface area (Å²) in [4.78, 5) is 12.5. The molecule has 0 fully saturated rings. The second-order valence-corrected chi connectivity index (χ2v) is 6.74. The summed E-state index contributed by atoms with van der Waals surface area (Å²) in [5.41, 5.74) is 0.678. The first-order chi connectivity index (χ1) is 11.9. The van der Waals surface area contributed by atoms with Gasteiger partial charge in [0.2, 0.25) is 10.0 Å². The predicted octanol–water partition coefficient (Wildman–Crippen LogP) is 2.12. The summed E-state index contributed by atoms with van der Waals surface area (Å²) in [6, 6.07) is 12.5. The number of amides is 1. The molecule has 130 valence electrons. The molecule has 0 aliphatic rings. The third-order valence-corrected chi connectivity index (χ3v) is 4.90. The van der Waals surface area contributed by atoms with E-state index in [4.69, 9.17) is 10.00 Å². The molecule has 0 bridgehead atoms. The lowest BCUT2D eigenvalue weighted by Crippen LogP contribution is -2.24. The second kappa shape index (κ2) is 7.79. The summed E-state index contributed by atoms with van der Waals surface area (Å²) < 4.78 is 31.8. The van der Waals surface area contributed by atoms with Crippen LogP contribution in [0.25, 0.3) is 0 Å². The molecule has 0 aliphatic carbocycles. The van der Waals surface area contributed by atoms with E-state index in [9.17, 15) is 13.2 Å². The number of benzene rings is 2. The average molecular weight is 359 g/mol. The monoisotopic (exact) mass is 359 g/mol. The molecule has 2 aromatic carbocycles. The number of ether oxygens (including phenoxy) is 1. The first kappa shape index (κ1) is 18.4. The van der Waals surface area contributed by atoms with Gasteiger partial charge in [-0.3, -0.25) is 4.79 Å². The van der Waals surface area contributed by atoms with Crippen LogP contribution >= 0.6 is 0 Å². The molecule has 7 nitrogen and oxygen atoms in total.